The minimum Gasteiger partial charge on any atom is -0.309 e. The van der Waals surface area contributed by atoms with E-state index in [0.29, 0.717) is 0 Å². The van der Waals surface area contributed by atoms with Crippen LogP contribution in [-0.4, -0.2) is 4.57 Å². The fraction of sp³-hybridized carbons (Fsp3) is 0.103. The number of hydrogen-bond acceptors (Lipinski definition) is 0. The molecule has 1 aliphatic rings. The maximum Gasteiger partial charge on any atom is 0.123 e. The van der Waals surface area contributed by atoms with Crippen LogP contribution in [0.3, 0.4) is 0 Å². The first-order chi connectivity index (χ1) is 15.3. The van der Waals surface area contributed by atoms with Gasteiger partial charge in [0.2, 0.25) is 0 Å². The van der Waals surface area contributed by atoms with Crippen molar-refractivity contribution in [3.05, 3.63) is 120 Å². The molecule has 0 N–H and O–H groups in total. The van der Waals surface area contributed by atoms with Gasteiger partial charge in [0.25, 0.3) is 0 Å². The Morgan fingerprint density at radius 2 is 1.55 bits per heavy atom. The summed E-state index contributed by atoms with van der Waals surface area (Å²) in [6.45, 7) is 0. The molecule has 0 radical (unpaired) electrons. The summed E-state index contributed by atoms with van der Waals surface area (Å²) in [6, 6.07) is 30.7. The van der Waals surface area contributed by atoms with Crippen LogP contribution in [0.5, 0.6) is 0 Å². The topological polar surface area (TPSA) is 4.93 Å². The highest BCUT2D eigenvalue weighted by molar-refractivity contribution is 6.11. The molecule has 31 heavy (non-hydrogen) atoms. The van der Waals surface area contributed by atoms with Crippen LogP contribution in [0.15, 0.2) is 97.1 Å². The third-order valence-corrected chi connectivity index (χ3v) is 6.45. The normalized spacial score (nSPS) is 15.8. The third-order valence-electron chi connectivity index (χ3n) is 6.45. The van der Waals surface area contributed by atoms with Crippen molar-refractivity contribution in [1.82, 2.24) is 4.57 Å². The van der Waals surface area contributed by atoms with Gasteiger partial charge in [0.15, 0.2) is 0 Å². The highest BCUT2D eigenvalue weighted by atomic mass is 19.1. The smallest absolute Gasteiger partial charge is 0.123 e. The van der Waals surface area contributed by atoms with Gasteiger partial charge in [-0.15, -0.1) is 0 Å². The zero-order valence-corrected chi connectivity index (χ0v) is 17.1. The molecular formula is C29H22FN. The van der Waals surface area contributed by atoms with Crippen molar-refractivity contribution in [3.63, 3.8) is 0 Å². The van der Waals surface area contributed by atoms with Gasteiger partial charge < -0.3 is 4.57 Å². The zero-order chi connectivity index (χ0) is 20.8. The van der Waals surface area contributed by atoms with Gasteiger partial charge in [-0.25, -0.2) is 4.39 Å². The molecule has 4 aromatic carbocycles. The summed E-state index contributed by atoms with van der Waals surface area (Å²) in [5.41, 5.74) is 7.23. The number of benzene rings is 4. The minimum absolute atomic E-state index is 0.200. The van der Waals surface area contributed by atoms with Crippen LogP contribution in [0.1, 0.15) is 35.4 Å². The van der Waals surface area contributed by atoms with E-state index in [1.165, 1.54) is 22.2 Å². The van der Waals surface area contributed by atoms with Gasteiger partial charge in [0, 0.05) is 22.4 Å². The minimum atomic E-state index is -0.200. The predicted octanol–water partition coefficient (Wildman–Crippen LogP) is 7.86. The fourth-order valence-corrected chi connectivity index (χ4v) is 5.11. The first-order valence-corrected chi connectivity index (χ1v) is 10.8. The highest BCUT2D eigenvalue weighted by Gasteiger charge is 2.25. The van der Waals surface area contributed by atoms with E-state index >= 15 is 0 Å². The Kier molecular flexibility index (Phi) is 4.24. The first-order valence-electron chi connectivity index (χ1n) is 10.8. The highest BCUT2D eigenvalue weighted by Crippen LogP contribution is 2.43. The first kappa shape index (κ1) is 18.1. The van der Waals surface area contributed by atoms with E-state index in [2.05, 4.69) is 83.4 Å². The average molecular weight is 404 g/mol. The quantitative estimate of drug-likeness (QED) is 0.283. The molecule has 1 aromatic heterocycles. The SMILES string of the molecule is Fc1ccc2c(c1)c1ccc3c(c1n2-c1ccccc1)C(c1ccccc1)CCC=C3. The Bertz CT molecular complexity index is 1430. The lowest BCUT2D eigenvalue weighted by atomic mass is 9.85. The van der Waals surface area contributed by atoms with Gasteiger partial charge in [-0.05, 0) is 59.9 Å². The van der Waals surface area contributed by atoms with E-state index in [9.17, 15) is 4.39 Å². The lowest BCUT2D eigenvalue weighted by Crippen LogP contribution is -2.06. The van der Waals surface area contributed by atoms with Gasteiger partial charge in [0.05, 0.1) is 11.0 Å². The van der Waals surface area contributed by atoms with Crippen molar-refractivity contribution < 1.29 is 4.39 Å². The average Bonchev–Trinajstić information content (AvgIpc) is 2.98. The molecule has 0 spiro atoms. The van der Waals surface area contributed by atoms with Crippen LogP contribution in [0.25, 0.3) is 33.6 Å². The standard InChI is InChI=1S/C29H22FN/c30-22-16-18-27-26(19-22)25-17-15-21-11-7-8-14-24(20-9-3-1-4-10-20)28(21)29(25)31(27)23-12-5-2-6-13-23/h1-7,9-13,15-19,24H,8,14H2. The van der Waals surface area contributed by atoms with E-state index in [-0.39, 0.29) is 11.7 Å². The van der Waals surface area contributed by atoms with E-state index in [0.717, 1.165) is 34.8 Å². The molecule has 1 nitrogen and oxygen atoms in total. The second-order valence-corrected chi connectivity index (χ2v) is 8.24. The van der Waals surface area contributed by atoms with Crippen molar-refractivity contribution in [2.24, 2.45) is 0 Å². The molecule has 1 heterocycles. The molecule has 0 saturated heterocycles. The lowest BCUT2D eigenvalue weighted by molar-refractivity contribution is 0.629. The number of hydrogen-bond donors (Lipinski definition) is 0. The van der Waals surface area contributed by atoms with Crippen molar-refractivity contribution in [1.29, 1.82) is 0 Å². The number of para-hydroxylation sites is 1. The molecule has 1 aliphatic carbocycles. The molecule has 0 aliphatic heterocycles. The Hall–Kier alpha value is -3.65. The maximum absolute atomic E-state index is 14.3. The van der Waals surface area contributed by atoms with Crippen molar-refractivity contribution in [2.45, 2.75) is 18.8 Å². The molecule has 0 bridgehead atoms. The van der Waals surface area contributed by atoms with Gasteiger partial charge in [0.1, 0.15) is 5.82 Å². The van der Waals surface area contributed by atoms with Crippen molar-refractivity contribution in [3.8, 4) is 5.69 Å². The van der Waals surface area contributed by atoms with Crippen LogP contribution in [0.4, 0.5) is 4.39 Å². The van der Waals surface area contributed by atoms with Gasteiger partial charge in [-0.2, -0.15) is 0 Å². The van der Waals surface area contributed by atoms with Gasteiger partial charge in [-0.1, -0.05) is 72.8 Å². The molecule has 150 valence electrons. The predicted molar refractivity (Wildman–Crippen MR) is 127 cm³/mol. The second kappa shape index (κ2) is 7.24. The molecule has 6 rings (SSSR count). The van der Waals surface area contributed by atoms with Crippen LogP contribution in [0, 0.1) is 5.82 Å². The number of fused-ring (bicyclic) bond motifs is 5. The molecule has 0 amide bonds. The molecular weight excluding hydrogens is 381 g/mol. The summed E-state index contributed by atoms with van der Waals surface area (Å²) < 4.78 is 16.6. The summed E-state index contributed by atoms with van der Waals surface area (Å²) >= 11 is 0. The van der Waals surface area contributed by atoms with Crippen LogP contribution in [0.2, 0.25) is 0 Å². The molecule has 1 unspecified atom stereocenters. The summed E-state index contributed by atoms with van der Waals surface area (Å²) in [5.74, 6) is 0.0839. The summed E-state index contributed by atoms with van der Waals surface area (Å²) in [6.07, 6.45) is 6.63. The number of rotatable bonds is 2. The largest absolute Gasteiger partial charge is 0.309 e. The van der Waals surface area contributed by atoms with Crippen LogP contribution in [-0.2, 0) is 0 Å². The maximum atomic E-state index is 14.3. The Morgan fingerprint density at radius 1 is 0.774 bits per heavy atom. The summed E-state index contributed by atoms with van der Waals surface area (Å²) in [7, 11) is 0. The monoisotopic (exact) mass is 403 g/mol. The van der Waals surface area contributed by atoms with E-state index < -0.39 is 0 Å². The van der Waals surface area contributed by atoms with E-state index in [4.69, 9.17) is 0 Å². The van der Waals surface area contributed by atoms with Crippen LogP contribution < -0.4 is 0 Å². The van der Waals surface area contributed by atoms with E-state index in [1.54, 1.807) is 12.1 Å². The van der Waals surface area contributed by atoms with Gasteiger partial charge >= 0.3 is 0 Å². The third kappa shape index (κ3) is 2.90. The summed E-state index contributed by atoms with van der Waals surface area (Å²) in [5, 5.41) is 2.06. The Balaban J connectivity index is 1.79. The second-order valence-electron chi connectivity index (χ2n) is 8.24. The lowest BCUT2D eigenvalue weighted by Gasteiger charge is -2.21. The van der Waals surface area contributed by atoms with Crippen LogP contribution >= 0.6 is 0 Å². The molecule has 0 saturated carbocycles. The Labute approximate surface area is 181 Å². The number of allylic oxidation sites excluding steroid dienone is 1. The van der Waals surface area contributed by atoms with E-state index in [1.807, 2.05) is 12.1 Å². The zero-order valence-electron chi connectivity index (χ0n) is 17.1. The van der Waals surface area contributed by atoms with Crippen molar-refractivity contribution in [2.75, 3.05) is 0 Å². The molecule has 5 aromatic rings. The fourth-order valence-electron chi connectivity index (χ4n) is 5.11. The van der Waals surface area contributed by atoms with Crippen molar-refractivity contribution >= 4 is 27.9 Å². The van der Waals surface area contributed by atoms with Gasteiger partial charge in [-0.3, -0.25) is 0 Å². The molecule has 0 fully saturated rings. The molecule has 2 heteroatoms. The summed E-state index contributed by atoms with van der Waals surface area (Å²) in [4.78, 5) is 0. The number of aromatic nitrogens is 1. The Morgan fingerprint density at radius 3 is 2.35 bits per heavy atom. The number of nitrogens with zero attached hydrogens (tertiary/aromatic N) is 1. The number of halogens is 1. The molecule has 1 atom stereocenters.